The Morgan fingerprint density at radius 3 is 2.50 bits per heavy atom. The number of likely N-dealkylation sites (N-methyl/N-ethyl adjacent to an activating group) is 1. The van der Waals surface area contributed by atoms with Gasteiger partial charge >= 0.3 is 12.1 Å². The predicted octanol–water partition coefficient (Wildman–Crippen LogP) is 5.12. The molecule has 0 saturated carbocycles. The number of rotatable bonds is 10. The van der Waals surface area contributed by atoms with Crippen LogP contribution in [0.25, 0.3) is 6.08 Å². The lowest BCUT2D eigenvalue weighted by atomic mass is 10.00. The first-order chi connectivity index (χ1) is 19.0. The number of ether oxygens (including phenoxy) is 2. The Morgan fingerprint density at radius 1 is 1.10 bits per heavy atom. The minimum Gasteiger partial charge on any atom is -0.466 e. The molecule has 1 aliphatic heterocycles. The van der Waals surface area contributed by atoms with Gasteiger partial charge in [0.2, 0.25) is 5.91 Å². The number of benzene rings is 2. The number of hydrogen-bond acceptors (Lipinski definition) is 6. The molecule has 40 heavy (non-hydrogen) atoms. The van der Waals surface area contributed by atoms with Crippen molar-refractivity contribution >= 4 is 35.6 Å². The summed E-state index contributed by atoms with van der Waals surface area (Å²) in [7, 11) is 1.65. The second-order valence-corrected chi connectivity index (χ2v) is 10.6. The van der Waals surface area contributed by atoms with Crippen LogP contribution in [-0.2, 0) is 19.1 Å². The van der Waals surface area contributed by atoms with Gasteiger partial charge in [0.25, 0.3) is 5.91 Å². The monoisotopic (exact) mass is 549 g/mol. The lowest BCUT2D eigenvalue weighted by Gasteiger charge is -2.30. The maximum atomic E-state index is 13.9. The van der Waals surface area contributed by atoms with Gasteiger partial charge in [0.15, 0.2) is 0 Å². The average molecular weight is 550 g/mol. The molecule has 3 rings (SSSR count). The van der Waals surface area contributed by atoms with E-state index in [2.05, 4.69) is 5.32 Å². The first-order valence-corrected chi connectivity index (χ1v) is 13.6. The summed E-state index contributed by atoms with van der Waals surface area (Å²) >= 11 is 0. The summed E-state index contributed by atoms with van der Waals surface area (Å²) in [5.41, 5.74) is 1.91. The van der Waals surface area contributed by atoms with Crippen molar-refractivity contribution in [2.24, 2.45) is 0 Å². The van der Waals surface area contributed by atoms with Crippen LogP contribution in [0, 0.1) is 0 Å². The maximum absolute atomic E-state index is 13.9. The van der Waals surface area contributed by atoms with E-state index in [4.69, 9.17) is 9.47 Å². The van der Waals surface area contributed by atoms with Gasteiger partial charge in [-0.1, -0.05) is 48.6 Å². The van der Waals surface area contributed by atoms with Crippen molar-refractivity contribution in [3.05, 3.63) is 71.3 Å². The van der Waals surface area contributed by atoms with Crippen LogP contribution in [0.3, 0.4) is 0 Å². The van der Waals surface area contributed by atoms with Crippen LogP contribution in [0.1, 0.15) is 74.5 Å². The van der Waals surface area contributed by atoms with Crippen LogP contribution in [0.2, 0.25) is 0 Å². The third-order valence-corrected chi connectivity index (χ3v) is 6.30. The summed E-state index contributed by atoms with van der Waals surface area (Å²) in [6.45, 7) is 7.71. The van der Waals surface area contributed by atoms with E-state index in [9.17, 15) is 19.2 Å². The molecule has 1 heterocycles. The number of esters is 1. The fourth-order valence-electron chi connectivity index (χ4n) is 4.39. The highest BCUT2D eigenvalue weighted by Gasteiger charge is 2.36. The number of carbonyl (C=O) groups excluding carboxylic acids is 4. The van der Waals surface area contributed by atoms with Crippen molar-refractivity contribution in [3.63, 3.8) is 0 Å². The van der Waals surface area contributed by atoms with E-state index < -0.39 is 23.7 Å². The van der Waals surface area contributed by atoms with E-state index in [1.807, 2.05) is 69.3 Å². The maximum Gasteiger partial charge on any atom is 0.407 e. The van der Waals surface area contributed by atoms with E-state index in [1.165, 1.54) is 9.80 Å². The van der Waals surface area contributed by atoms with Crippen LogP contribution >= 0.6 is 0 Å². The highest BCUT2D eigenvalue weighted by atomic mass is 16.6. The molecular weight excluding hydrogens is 510 g/mol. The fraction of sp³-hybridized carbons (Fsp3) is 0.419. The minimum atomic E-state index is -0.660. The van der Waals surface area contributed by atoms with Crippen molar-refractivity contribution in [1.82, 2.24) is 10.2 Å². The summed E-state index contributed by atoms with van der Waals surface area (Å²) in [6.07, 6.45) is 4.80. The van der Waals surface area contributed by atoms with Gasteiger partial charge in [-0.05, 0) is 63.8 Å². The minimum absolute atomic E-state index is 0.0627. The highest BCUT2D eigenvalue weighted by Crippen LogP contribution is 2.33. The van der Waals surface area contributed by atoms with Crippen LogP contribution in [0.4, 0.5) is 10.5 Å². The second-order valence-electron chi connectivity index (χ2n) is 10.6. The molecule has 0 bridgehead atoms. The van der Waals surface area contributed by atoms with Gasteiger partial charge in [-0.15, -0.1) is 0 Å². The van der Waals surface area contributed by atoms with Crippen LogP contribution in [-0.4, -0.2) is 61.1 Å². The van der Waals surface area contributed by atoms with Gasteiger partial charge in [0, 0.05) is 13.6 Å². The molecule has 9 nitrogen and oxygen atoms in total. The summed E-state index contributed by atoms with van der Waals surface area (Å²) in [5.74, 6) is -1.02. The first-order valence-electron chi connectivity index (χ1n) is 13.6. The normalized spacial score (nSPS) is 14.5. The van der Waals surface area contributed by atoms with E-state index in [-0.39, 0.29) is 31.4 Å². The molecule has 2 aromatic rings. The number of alkyl carbamates (subject to hydrolysis) is 1. The molecule has 0 radical (unpaired) electrons. The fourth-order valence-corrected chi connectivity index (χ4v) is 4.39. The number of amides is 3. The van der Waals surface area contributed by atoms with Crippen molar-refractivity contribution in [1.29, 1.82) is 0 Å². The van der Waals surface area contributed by atoms with E-state index >= 15 is 0 Å². The van der Waals surface area contributed by atoms with Gasteiger partial charge in [-0.25, -0.2) is 4.79 Å². The zero-order chi connectivity index (χ0) is 29.3. The molecular formula is C31H39N3O6. The largest absolute Gasteiger partial charge is 0.466 e. The Labute approximate surface area is 236 Å². The van der Waals surface area contributed by atoms with Gasteiger partial charge in [0.1, 0.15) is 12.1 Å². The molecule has 1 atom stereocenters. The summed E-state index contributed by atoms with van der Waals surface area (Å²) in [5, 5.41) is 2.74. The summed E-state index contributed by atoms with van der Waals surface area (Å²) in [4.78, 5) is 54.3. The topological polar surface area (TPSA) is 105 Å². The predicted molar refractivity (Wildman–Crippen MR) is 154 cm³/mol. The number of fused-ring (bicyclic) bond motifs is 1. The Hall–Kier alpha value is -4.14. The average Bonchev–Trinajstić information content (AvgIpc) is 2.99. The Bertz CT molecular complexity index is 1240. The van der Waals surface area contributed by atoms with E-state index in [0.29, 0.717) is 24.2 Å². The zero-order valence-electron chi connectivity index (χ0n) is 23.9. The standard InChI is InChI=1S/C31H39N3O6/c1-6-39-28(36)20-26(23-14-10-7-11-15-23)34-21-27(35)33(5)25-17-16-22(19-24(25)29(34)37)13-9-8-12-18-32-30(38)40-31(2,3)4/h7,9-11,13-17,19,26H,6,8,12,18,20-21H2,1-5H3,(H,32,38). The van der Waals surface area contributed by atoms with Crippen molar-refractivity contribution in [2.75, 3.05) is 31.6 Å². The molecule has 0 spiro atoms. The van der Waals surface area contributed by atoms with Crippen molar-refractivity contribution in [3.8, 4) is 0 Å². The lowest BCUT2D eigenvalue weighted by molar-refractivity contribution is -0.144. The van der Waals surface area contributed by atoms with E-state index in [1.54, 1.807) is 26.1 Å². The van der Waals surface area contributed by atoms with Crippen molar-refractivity contribution in [2.45, 2.75) is 58.6 Å². The van der Waals surface area contributed by atoms with Crippen LogP contribution in [0.5, 0.6) is 0 Å². The molecule has 0 aromatic heterocycles. The molecule has 214 valence electrons. The zero-order valence-corrected chi connectivity index (χ0v) is 23.9. The van der Waals surface area contributed by atoms with Crippen LogP contribution in [0.15, 0.2) is 54.6 Å². The Kier molecular flexibility index (Phi) is 10.5. The molecule has 0 fully saturated rings. The number of anilines is 1. The van der Waals surface area contributed by atoms with Gasteiger partial charge in [-0.2, -0.15) is 0 Å². The lowest BCUT2D eigenvalue weighted by Crippen LogP contribution is -2.41. The number of unbranched alkanes of at least 4 members (excludes halogenated alkanes) is 1. The van der Waals surface area contributed by atoms with Crippen molar-refractivity contribution < 1.29 is 28.7 Å². The molecule has 1 aliphatic rings. The molecule has 0 aliphatic carbocycles. The van der Waals surface area contributed by atoms with E-state index in [0.717, 1.165) is 17.5 Å². The molecule has 1 unspecified atom stereocenters. The first kappa shape index (κ1) is 30.4. The van der Waals surface area contributed by atoms with Gasteiger partial charge in [0.05, 0.1) is 30.3 Å². The number of carbonyl (C=O) groups is 4. The molecule has 1 N–H and O–H groups in total. The van der Waals surface area contributed by atoms with Gasteiger partial charge in [-0.3, -0.25) is 14.4 Å². The smallest absolute Gasteiger partial charge is 0.407 e. The summed E-state index contributed by atoms with van der Waals surface area (Å²) in [6, 6.07) is 13.9. The third kappa shape index (κ3) is 8.43. The summed E-state index contributed by atoms with van der Waals surface area (Å²) < 4.78 is 10.4. The number of nitrogens with zero attached hydrogens (tertiary/aromatic N) is 2. The Morgan fingerprint density at radius 2 is 1.82 bits per heavy atom. The molecule has 9 heteroatoms. The molecule has 2 aromatic carbocycles. The second kappa shape index (κ2) is 13.8. The molecule has 0 saturated heterocycles. The highest BCUT2D eigenvalue weighted by molar-refractivity contribution is 6.10. The number of nitrogens with one attached hydrogen (secondary N) is 1. The van der Waals surface area contributed by atoms with Gasteiger partial charge < -0.3 is 24.6 Å². The number of allylic oxidation sites excluding steroid dienone is 1. The third-order valence-electron chi connectivity index (χ3n) is 6.30. The Balaban J connectivity index is 1.78. The molecule has 3 amide bonds. The van der Waals surface area contributed by atoms with Crippen LogP contribution < -0.4 is 10.2 Å². The number of hydrogen-bond donors (Lipinski definition) is 1. The quantitative estimate of drug-likeness (QED) is 0.326. The SMILES string of the molecule is CCOC(=O)CC(c1ccccc1)N1CC(=O)N(C)c2ccc(C=CCCCNC(=O)OC(C)(C)C)cc2C1=O.